The van der Waals surface area contributed by atoms with Crippen LogP contribution in [-0.2, 0) is 0 Å². The topological polar surface area (TPSA) is 12.0 Å². The van der Waals surface area contributed by atoms with E-state index >= 15 is 0 Å². The van der Waals surface area contributed by atoms with Crippen molar-refractivity contribution in [2.24, 2.45) is 0 Å². The highest BCUT2D eigenvalue weighted by Gasteiger charge is 2.15. The van der Waals surface area contributed by atoms with Gasteiger partial charge in [0.25, 0.3) is 0 Å². The van der Waals surface area contributed by atoms with Gasteiger partial charge >= 0.3 is 0 Å². The lowest BCUT2D eigenvalue weighted by molar-refractivity contribution is 0.603. The average molecular weight is 292 g/mol. The van der Waals surface area contributed by atoms with Crippen LogP contribution in [0.25, 0.3) is 0 Å². The number of benzene rings is 2. The van der Waals surface area contributed by atoms with Crippen LogP contribution in [0.4, 0.5) is 4.39 Å². The van der Waals surface area contributed by atoms with Crippen LogP contribution in [0.15, 0.2) is 36.4 Å². The van der Waals surface area contributed by atoms with Crippen LogP contribution < -0.4 is 5.32 Å². The van der Waals surface area contributed by atoms with E-state index in [1.807, 2.05) is 13.0 Å². The molecule has 20 heavy (non-hydrogen) atoms. The van der Waals surface area contributed by atoms with Crippen LogP contribution in [-0.4, -0.2) is 6.54 Å². The van der Waals surface area contributed by atoms with Gasteiger partial charge in [-0.1, -0.05) is 53.9 Å². The van der Waals surface area contributed by atoms with Crippen molar-refractivity contribution in [2.75, 3.05) is 6.54 Å². The van der Waals surface area contributed by atoms with Crippen LogP contribution >= 0.6 is 11.6 Å². The Bertz CT molecular complexity index is 590. The summed E-state index contributed by atoms with van der Waals surface area (Å²) in [6.07, 6.45) is 0. The zero-order valence-corrected chi connectivity index (χ0v) is 12.8. The molecule has 3 heteroatoms. The highest BCUT2D eigenvalue weighted by Crippen LogP contribution is 2.26. The Labute approximate surface area is 124 Å². The fourth-order valence-electron chi connectivity index (χ4n) is 2.50. The van der Waals surface area contributed by atoms with Gasteiger partial charge in [-0.05, 0) is 43.7 Å². The maximum absolute atomic E-state index is 13.7. The van der Waals surface area contributed by atoms with E-state index in [0.717, 1.165) is 17.7 Å². The van der Waals surface area contributed by atoms with E-state index in [-0.39, 0.29) is 16.9 Å². The molecule has 1 N–H and O–H groups in total. The number of hydrogen-bond acceptors (Lipinski definition) is 1. The average Bonchev–Trinajstić information content (AvgIpc) is 2.38. The van der Waals surface area contributed by atoms with E-state index < -0.39 is 0 Å². The van der Waals surface area contributed by atoms with Crippen molar-refractivity contribution in [3.05, 3.63) is 69.5 Å². The highest BCUT2D eigenvalue weighted by atomic mass is 35.5. The summed E-state index contributed by atoms with van der Waals surface area (Å²) in [6.45, 7) is 6.99. The van der Waals surface area contributed by atoms with Crippen LogP contribution in [0, 0.1) is 19.7 Å². The van der Waals surface area contributed by atoms with Crippen LogP contribution in [0.2, 0.25) is 5.02 Å². The monoisotopic (exact) mass is 291 g/mol. The number of aryl methyl sites for hydroxylation is 2. The molecule has 0 saturated heterocycles. The molecule has 0 aromatic heterocycles. The molecule has 2 rings (SSSR count). The maximum Gasteiger partial charge on any atom is 0.142 e. The largest absolute Gasteiger partial charge is 0.307 e. The second-order valence-corrected chi connectivity index (χ2v) is 5.49. The minimum Gasteiger partial charge on any atom is -0.307 e. The minimum atomic E-state index is -0.378. The van der Waals surface area contributed by atoms with Gasteiger partial charge in [0.2, 0.25) is 0 Å². The highest BCUT2D eigenvalue weighted by molar-refractivity contribution is 6.30. The van der Waals surface area contributed by atoms with Crippen molar-refractivity contribution in [1.82, 2.24) is 5.32 Å². The van der Waals surface area contributed by atoms with Gasteiger partial charge in [-0.15, -0.1) is 0 Å². The number of halogens is 2. The Kier molecular flexibility index (Phi) is 4.79. The van der Waals surface area contributed by atoms with Crippen molar-refractivity contribution < 1.29 is 4.39 Å². The molecule has 0 fully saturated rings. The van der Waals surface area contributed by atoms with Gasteiger partial charge in [-0.2, -0.15) is 0 Å². The molecule has 2 aromatic rings. The number of rotatable bonds is 4. The fourth-order valence-corrected chi connectivity index (χ4v) is 2.62. The van der Waals surface area contributed by atoms with Gasteiger partial charge < -0.3 is 5.32 Å². The Balaban J connectivity index is 2.46. The van der Waals surface area contributed by atoms with Gasteiger partial charge in [0.1, 0.15) is 5.82 Å². The van der Waals surface area contributed by atoms with Crippen LogP contribution in [0.1, 0.15) is 35.2 Å². The molecule has 0 bridgehead atoms. The zero-order valence-electron chi connectivity index (χ0n) is 12.0. The predicted octanol–water partition coefficient (Wildman–Crippen LogP) is 4.79. The maximum atomic E-state index is 13.7. The number of hydrogen-bond donors (Lipinski definition) is 1. The summed E-state index contributed by atoms with van der Waals surface area (Å²) >= 11 is 5.76. The second kappa shape index (κ2) is 6.38. The van der Waals surface area contributed by atoms with E-state index in [9.17, 15) is 4.39 Å². The molecule has 0 amide bonds. The molecular formula is C17H19ClFN. The zero-order chi connectivity index (χ0) is 14.7. The summed E-state index contributed by atoms with van der Waals surface area (Å²) in [6, 6.07) is 11.4. The molecule has 0 aliphatic rings. The Morgan fingerprint density at radius 1 is 1.05 bits per heavy atom. The van der Waals surface area contributed by atoms with E-state index in [2.05, 4.69) is 37.4 Å². The lowest BCUT2D eigenvalue weighted by Gasteiger charge is -2.20. The van der Waals surface area contributed by atoms with E-state index in [1.165, 1.54) is 17.2 Å². The summed E-state index contributed by atoms with van der Waals surface area (Å²) < 4.78 is 13.7. The quantitative estimate of drug-likeness (QED) is 0.853. The lowest BCUT2D eigenvalue weighted by atomic mass is 9.95. The molecule has 2 aromatic carbocycles. The molecule has 1 nitrogen and oxygen atoms in total. The number of nitrogens with one attached hydrogen (secondary N) is 1. The normalized spacial score (nSPS) is 12.4. The summed E-state index contributed by atoms with van der Waals surface area (Å²) in [5.41, 5.74) is 4.44. The Hall–Kier alpha value is -1.38. The van der Waals surface area contributed by atoms with E-state index in [4.69, 9.17) is 11.6 Å². The van der Waals surface area contributed by atoms with Gasteiger partial charge in [0.05, 0.1) is 11.1 Å². The fraction of sp³-hybridized carbons (Fsp3) is 0.294. The first-order valence-electron chi connectivity index (χ1n) is 6.77. The van der Waals surface area contributed by atoms with Gasteiger partial charge in [-0.3, -0.25) is 0 Å². The third kappa shape index (κ3) is 3.38. The first-order chi connectivity index (χ1) is 9.51. The van der Waals surface area contributed by atoms with Crippen LogP contribution in [0.5, 0.6) is 0 Å². The third-order valence-electron chi connectivity index (χ3n) is 3.26. The van der Waals surface area contributed by atoms with Gasteiger partial charge in [-0.25, -0.2) is 4.39 Å². The minimum absolute atomic E-state index is 0.0228. The Morgan fingerprint density at radius 3 is 2.25 bits per heavy atom. The molecule has 1 unspecified atom stereocenters. The van der Waals surface area contributed by atoms with Crippen molar-refractivity contribution in [2.45, 2.75) is 26.8 Å². The molecule has 106 valence electrons. The summed E-state index contributed by atoms with van der Waals surface area (Å²) in [7, 11) is 0. The predicted molar refractivity (Wildman–Crippen MR) is 82.8 cm³/mol. The SMILES string of the molecule is CCNC(c1cc(C)cc(C)c1)c1ccc(Cl)c(F)c1. The van der Waals surface area contributed by atoms with E-state index in [0.29, 0.717) is 0 Å². The molecule has 0 aliphatic heterocycles. The van der Waals surface area contributed by atoms with Gasteiger partial charge in [0.15, 0.2) is 0 Å². The molecule has 0 saturated carbocycles. The molecule has 0 aliphatic carbocycles. The first-order valence-corrected chi connectivity index (χ1v) is 7.15. The van der Waals surface area contributed by atoms with Crippen molar-refractivity contribution >= 4 is 11.6 Å². The summed E-state index contributed by atoms with van der Waals surface area (Å²) in [4.78, 5) is 0. The van der Waals surface area contributed by atoms with Crippen molar-refractivity contribution in [3.63, 3.8) is 0 Å². The second-order valence-electron chi connectivity index (χ2n) is 5.09. The molecule has 1 atom stereocenters. The van der Waals surface area contributed by atoms with Crippen LogP contribution in [0.3, 0.4) is 0 Å². The summed E-state index contributed by atoms with van der Waals surface area (Å²) in [5, 5.41) is 3.56. The van der Waals surface area contributed by atoms with Crippen molar-refractivity contribution in [1.29, 1.82) is 0 Å². The molecule has 0 radical (unpaired) electrons. The standard InChI is InChI=1S/C17H19ClFN/c1-4-20-17(13-5-6-15(18)16(19)10-13)14-8-11(2)7-12(3)9-14/h5-10,17,20H,4H2,1-3H3. The molecule has 0 spiro atoms. The molecular weight excluding hydrogens is 273 g/mol. The lowest BCUT2D eigenvalue weighted by Crippen LogP contribution is -2.22. The third-order valence-corrected chi connectivity index (χ3v) is 3.57. The molecule has 0 heterocycles. The van der Waals surface area contributed by atoms with Gasteiger partial charge in [0, 0.05) is 0 Å². The van der Waals surface area contributed by atoms with Crippen molar-refractivity contribution in [3.8, 4) is 0 Å². The van der Waals surface area contributed by atoms with E-state index in [1.54, 1.807) is 6.07 Å². The smallest absolute Gasteiger partial charge is 0.142 e. The Morgan fingerprint density at radius 2 is 1.70 bits per heavy atom. The first kappa shape index (κ1) is 15.0. The summed E-state index contributed by atoms with van der Waals surface area (Å²) in [5.74, 6) is -0.378.